The zero-order valence-corrected chi connectivity index (χ0v) is 13.5. The van der Waals surface area contributed by atoms with Crippen molar-refractivity contribution < 1.29 is 8.42 Å². The average Bonchev–Trinajstić information content (AvgIpc) is 3.00. The van der Waals surface area contributed by atoms with Gasteiger partial charge >= 0.3 is 0 Å². The number of hydrogen-bond donors (Lipinski definition) is 0. The summed E-state index contributed by atoms with van der Waals surface area (Å²) in [5.74, 6) is -0.164. The highest BCUT2D eigenvalue weighted by atomic mass is 32.2. The van der Waals surface area contributed by atoms with Crippen LogP contribution in [0.15, 0.2) is 41.8 Å². The van der Waals surface area contributed by atoms with Gasteiger partial charge in [-0.15, -0.1) is 11.3 Å². The summed E-state index contributed by atoms with van der Waals surface area (Å²) < 4.78 is 26.4. The SMILES string of the molecule is CC(c1cccs1)N(C)S(=O)(=O)Cc1ccccc1C#N. The maximum absolute atomic E-state index is 12.5. The molecule has 1 atom stereocenters. The van der Waals surface area contributed by atoms with E-state index in [4.69, 9.17) is 5.26 Å². The lowest BCUT2D eigenvalue weighted by Gasteiger charge is -2.23. The summed E-state index contributed by atoms with van der Waals surface area (Å²) >= 11 is 1.53. The fourth-order valence-corrected chi connectivity index (χ4v) is 4.34. The van der Waals surface area contributed by atoms with Crippen LogP contribution >= 0.6 is 11.3 Å². The predicted octanol–water partition coefficient (Wildman–Crippen LogP) is 3.14. The van der Waals surface area contributed by atoms with E-state index in [0.29, 0.717) is 11.1 Å². The minimum atomic E-state index is -3.48. The van der Waals surface area contributed by atoms with Gasteiger partial charge in [0.15, 0.2) is 0 Å². The molecule has 0 spiro atoms. The Hall–Kier alpha value is -1.68. The minimum absolute atomic E-state index is 0.164. The fourth-order valence-electron chi connectivity index (χ4n) is 2.00. The Morgan fingerprint density at radius 2 is 2.00 bits per heavy atom. The highest BCUT2D eigenvalue weighted by Crippen LogP contribution is 2.27. The average molecular weight is 320 g/mol. The maximum Gasteiger partial charge on any atom is 0.218 e. The van der Waals surface area contributed by atoms with Crippen LogP contribution in [-0.4, -0.2) is 19.8 Å². The Balaban J connectivity index is 2.24. The van der Waals surface area contributed by atoms with E-state index in [2.05, 4.69) is 0 Å². The molecule has 110 valence electrons. The van der Waals surface area contributed by atoms with Crippen molar-refractivity contribution in [1.82, 2.24) is 4.31 Å². The second kappa shape index (κ2) is 6.39. The van der Waals surface area contributed by atoms with Crippen molar-refractivity contribution in [2.24, 2.45) is 0 Å². The van der Waals surface area contributed by atoms with Crippen molar-refractivity contribution in [3.8, 4) is 6.07 Å². The standard InChI is InChI=1S/C15H16N2O2S2/c1-12(15-8-5-9-20-15)17(2)21(18,19)11-14-7-4-3-6-13(14)10-16/h3-9,12H,11H2,1-2H3. The Bertz CT molecular complexity index is 746. The summed E-state index contributed by atoms with van der Waals surface area (Å²) in [6, 6.07) is 12.4. The molecule has 0 aliphatic heterocycles. The van der Waals surface area contributed by atoms with Crippen molar-refractivity contribution >= 4 is 21.4 Å². The van der Waals surface area contributed by atoms with Crippen molar-refractivity contribution in [2.45, 2.75) is 18.7 Å². The van der Waals surface area contributed by atoms with Crippen LogP contribution < -0.4 is 0 Å². The highest BCUT2D eigenvalue weighted by Gasteiger charge is 2.26. The molecule has 2 aromatic rings. The molecule has 2 rings (SSSR count). The Morgan fingerprint density at radius 3 is 2.62 bits per heavy atom. The second-order valence-electron chi connectivity index (χ2n) is 4.73. The molecule has 1 aromatic heterocycles. The number of nitrogens with zero attached hydrogens (tertiary/aromatic N) is 2. The van der Waals surface area contributed by atoms with E-state index in [1.807, 2.05) is 30.5 Å². The van der Waals surface area contributed by atoms with E-state index < -0.39 is 10.0 Å². The van der Waals surface area contributed by atoms with Crippen molar-refractivity contribution in [3.63, 3.8) is 0 Å². The molecule has 21 heavy (non-hydrogen) atoms. The fraction of sp³-hybridized carbons (Fsp3) is 0.267. The second-order valence-corrected chi connectivity index (χ2v) is 7.74. The molecule has 0 amide bonds. The third kappa shape index (κ3) is 3.50. The summed E-state index contributed by atoms with van der Waals surface area (Å²) in [5.41, 5.74) is 0.934. The van der Waals surface area contributed by atoms with Crippen molar-refractivity contribution in [1.29, 1.82) is 5.26 Å². The van der Waals surface area contributed by atoms with Crippen LogP contribution in [0.5, 0.6) is 0 Å². The van der Waals surface area contributed by atoms with Crippen LogP contribution in [0.25, 0.3) is 0 Å². The van der Waals surface area contributed by atoms with Crippen LogP contribution in [0.3, 0.4) is 0 Å². The molecule has 0 aliphatic carbocycles. The third-order valence-electron chi connectivity index (χ3n) is 3.41. The van der Waals surface area contributed by atoms with Gasteiger partial charge in [0, 0.05) is 11.9 Å². The normalized spacial score (nSPS) is 13.0. The van der Waals surface area contributed by atoms with Crippen molar-refractivity contribution in [2.75, 3.05) is 7.05 Å². The number of benzene rings is 1. The Labute approximate surface area is 129 Å². The molecule has 1 unspecified atom stereocenters. The molecule has 0 saturated carbocycles. The first kappa shape index (κ1) is 15.7. The highest BCUT2D eigenvalue weighted by molar-refractivity contribution is 7.88. The molecule has 1 heterocycles. The monoisotopic (exact) mass is 320 g/mol. The van der Waals surface area contributed by atoms with Crippen LogP contribution in [0.1, 0.15) is 29.0 Å². The summed E-state index contributed by atoms with van der Waals surface area (Å²) in [5, 5.41) is 11.0. The molecule has 4 nitrogen and oxygen atoms in total. The first-order chi connectivity index (χ1) is 9.95. The zero-order valence-electron chi connectivity index (χ0n) is 11.9. The van der Waals surface area contributed by atoms with Gasteiger partial charge in [-0.1, -0.05) is 24.3 Å². The van der Waals surface area contributed by atoms with Crippen molar-refractivity contribution in [3.05, 3.63) is 57.8 Å². The van der Waals surface area contributed by atoms with Gasteiger partial charge in [-0.3, -0.25) is 0 Å². The smallest absolute Gasteiger partial charge is 0.212 e. The third-order valence-corrected chi connectivity index (χ3v) is 6.33. The molecule has 0 bridgehead atoms. The van der Waals surface area contributed by atoms with E-state index >= 15 is 0 Å². The van der Waals surface area contributed by atoms with Crippen LogP contribution in [-0.2, 0) is 15.8 Å². The topological polar surface area (TPSA) is 61.2 Å². The van der Waals surface area contributed by atoms with Gasteiger partial charge < -0.3 is 0 Å². The van der Waals surface area contributed by atoms with Gasteiger partial charge in [0.2, 0.25) is 10.0 Å². The molecular weight excluding hydrogens is 304 g/mol. The van der Waals surface area contributed by atoms with Crippen LogP contribution in [0.2, 0.25) is 0 Å². The molecule has 6 heteroatoms. The minimum Gasteiger partial charge on any atom is -0.212 e. The number of sulfonamides is 1. The summed E-state index contributed by atoms with van der Waals surface area (Å²) in [7, 11) is -1.90. The largest absolute Gasteiger partial charge is 0.218 e. The molecule has 0 aliphatic rings. The lowest BCUT2D eigenvalue weighted by atomic mass is 10.1. The molecule has 0 saturated heterocycles. The van der Waals surface area contributed by atoms with Gasteiger partial charge in [-0.2, -0.15) is 9.57 Å². The number of thiophene rings is 1. The van der Waals surface area contributed by atoms with E-state index in [1.165, 1.54) is 15.6 Å². The molecule has 0 fully saturated rings. The zero-order chi connectivity index (χ0) is 15.5. The van der Waals surface area contributed by atoms with E-state index in [-0.39, 0.29) is 11.8 Å². The number of rotatable bonds is 5. The van der Waals surface area contributed by atoms with E-state index in [1.54, 1.807) is 31.3 Å². The van der Waals surface area contributed by atoms with Crippen LogP contribution in [0, 0.1) is 11.3 Å². The first-order valence-electron chi connectivity index (χ1n) is 6.43. The number of hydrogen-bond acceptors (Lipinski definition) is 4. The Morgan fingerprint density at radius 1 is 1.29 bits per heavy atom. The van der Waals surface area contributed by atoms with Crippen LogP contribution in [0.4, 0.5) is 0 Å². The van der Waals surface area contributed by atoms with Gasteiger partial charge in [-0.05, 0) is 30.0 Å². The molecule has 0 N–H and O–H groups in total. The summed E-state index contributed by atoms with van der Waals surface area (Å²) in [6.07, 6.45) is 0. The Kier molecular flexibility index (Phi) is 4.78. The van der Waals surface area contributed by atoms with Gasteiger partial charge in [0.05, 0.1) is 23.4 Å². The van der Waals surface area contributed by atoms with E-state index in [9.17, 15) is 8.42 Å². The predicted molar refractivity (Wildman–Crippen MR) is 84.3 cm³/mol. The van der Waals surface area contributed by atoms with E-state index in [0.717, 1.165) is 4.88 Å². The molecular formula is C15H16N2O2S2. The lowest BCUT2D eigenvalue weighted by Crippen LogP contribution is -2.30. The first-order valence-corrected chi connectivity index (χ1v) is 8.91. The molecule has 0 radical (unpaired) electrons. The lowest BCUT2D eigenvalue weighted by molar-refractivity contribution is 0.402. The summed E-state index contributed by atoms with van der Waals surface area (Å²) in [6.45, 7) is 1.86. The van der Waals surface area contributed by atoms with Gasteiger partial charge in [0.1, 0.15) is 0 Å². The van der Waals surface area contributed by atoms with Gasteiger partial charge in [0.25, 0.3) is 0 Å². The van der Waals surface area contributed by atoms with Gasteiger partial charge in [-0.25, -0.2) is 8.42 Å². The molecule has 1 aromatic carbocycles. The number of nitriles is 1. The quantitative estimate of drug-likeness (QED) is 0.850. The maximum atomic E-state index is 12.5. The summed E-state index contributed by atoms with van der Waals surface area (Å²) in [4.78, 5) is 0.995.